The van der Waals surface area contributed by atoms with Gasteiger partial charge in [0.1, 0.15) is 5.75 Å². The number of nitrogens with one attached hydrogen (secondary N) is 1. The fourth-order valence-electron chi connectivity index (χ4n) is 1.48. The van der Waals surface area contributed by atoms with Crippen molar-refractivity contribution in [3.8, 4) is 5.75 Å². The molecule has 0 aliphatic heterocycles. The fraction of sp³-hybridized carbons (Fsp3) is 0.455. The Bertz CT molecular complexity index is 295. The van der Waals surface area contributed by atoms with Crippen LogP contribution >= 0.6 is 0 Å². The average molecular weight is 195 g/mol. The normalized spacial score (nSPS) is 12.6. The Morgan fingerprint density at radius 2 is 2.21 bits per heavy atom. The molecule has 0 heterocycles. The van der Waals surface area contributed by atoms with Gasteiger partial charge in [-0.2, -0.15) is 0 Å². The lowest BCUT2D eigenvalue weighted by Gasteiger charge is -2.15. The van der Waals surface area contributed by atoms with E-state index < -0.39 is 0 Å². The van der Waals surface area contributed by atoms with E-state index in [9.17, 15) is 0 Å². The van der Waals surface area contributed by atoms with Crippen LogP contribution < -0.4 is 10.1 Å². The standard InChI is InChI=1S/C11H17NO2/c1-8-6-9(10(7-13)12-2)4-5-11(8)14-3/h4-6,10,12-13H,7H2,1-3H3/t10-/m0/s1. The Labute approximate surface area is 84.7 Å². The van der Waals surface area contributed by atoms with Gasteiger partial charge < -0.3 is 15.2 Å². The van der Waals surface area contributed by atoms with Crippen molar-refractivity contribution in [1.82, 2.24) is 5.32 Å². The number of methoxy groups -OCH3 is 1. The van der Waals surface area contributed by atoms with E-state index >= 15 is 0 Å². The highest BCUT2D eigenvalue weighted by atomic mass is 16.5. The molecule has 3 nitrogen and oxygen atoms in total. The second-order valence-corrected chi connectivity index (χ2v) is 3.25. The number of hydrogen-bond donors (Lipinski definition) is 2. The molecule has 0 spiro atoms. The third-order valence-corrected chi connectivity index (χ3v) is 2.35. The topological polar surface area (TPSA) is 41.5 Å². The summed E-state index contributed by atoms with van der Waals surface area (Å²) in [7, 11) is 3.49. The maximum absolute atomic E-state index is 9.10. The highest BCUT2D eigenvalue weighted by Gasteiger charge is 2.08. The molecule has 78 valence electrons. The molecule has 0 saturated carbocycles. The molecule has 0 amide bonds. The molecule has 3 heteroatoms. The zero-order valence-electron chi connectivity index (χ0n) is 8.87. The second-order valence-electron chi connectivity index (χ2n) is 3.25. The first-order valence-electron chi connectivity index (χ1n) is 4.65. The number of benzene rings is 1. The highest BCUT2D eigenvalue weighted by Crippen LogP contribution is 2.21. The van der Waals surface area contributed by atoms with Crippen LogP contribution in [0.5, 0.6) is 5.75 Å². The van der Waals surface area contributed by atoms with Crippen molar-refractivity contribution in [2.45, 2.75) is 13.0 Å². The van der Waals surface area contributed by atoms with Gasteiger partial charge in [-0.1, -0.05) is 12.1 Å². The van der Waals surface area contributed by atoms with Gasteiger partial charge in [0.15, 0.2) is 0 Å². The lowest BCUT2D eigenvalue weighted by Crippen LogP contribution is -2.19. The van der Waals surface area contributed by atoms with E-state index in [1.54, 1.807) is 7.11 Å². The molecule has 1 aromatic rings. The number of aryl methyl sites for hydroxylation is 1. The van der Waals surface area contributed by atoms with Crippen LogP contribution in [-0.2, 0) is 0 Å². The van der Waals surface area contributed by atoms with Crippen LogP contribution in [0.15, 0.2) is 18.2 Å². The van der Waals surface area contributed by atoms with Gasteiger partial charge in [-0.15, -0.1) is 0 Å². The number of aliphatic hydroxyl groups is 1. The van der Waals surface area contributed by atoms with E-state index in [1.807, 2.05) is 32.2 Å². The summed E-state index contributed by atoms with van der Waals surface area (Å²) in [6, 6.07) is 5.91. The van der Waals surface area contributed by atoms with Crippen molar-refractivity contribution >= 4 is 0 Å². The van der Waals surface area contributed by atoms with Crippen LogP contribution in [0.4, 0.5) is 0 Å². The lowest BCUT2D eigenvalue weighted by atomic mass is 10.0. The van der Waals surface area contributed by atoms with Gasteiger partial charge in [0.05, 0.1) is 19.8 Å². The minimum absolute atomic E-state index is 0.000365. The molecular formula is C11H17NO2. The van der Waals surface area contributed by atoms with Crippen LogP contribution in [0.1, 0.15) is 17.2 Å². The van der Waals surface area contributed by atoms with Gasteiger partial charge in [-0.25, -0.2) is 0 Å². The van der Waals surface area contributed by atoms with Gasteiger partial charge >= 0.3 is 0 Å². The summed E-state index contributed by atoms with van der Waals surface area (Å²) in [5.41, 5.74) is 2.16. The molecule has 0 aromatic heterocycles. The molecule has 0 aliphatic rings. The predicted molar refractivity (Wildman–Crippen MR) is 56.6 cm³/mol. The molecule has 2 N–H and O–H groups in total. The summed E-state index contributed by atoms with van der Waals surface area (Å²) in [5.74, 6) is 0.876. The first-order valence-corrected chi connectivity index (χ1v) is 4.65. The van der Waals surface area contributed by atoms with E-state index in [0.29, 0.717) is 0 Å². The Kier molecular flexibility index (Phi) is 3.92. The Hall–Kier alpha value is -1.06. The van der Waals surface area contributed by atoms with E-state index in [1.165, 1.54) is 0 Å². The number of ether oxygens (including phenoxy) is 1. The first-order chi connectivity index (χ1) is 6.72. The summed E-state index contributed by atoms with van der Waals surface area (Å²) in [6.45, 7) is 2.09. The molecule has 1 atom stereocenters. The van der Waals surface area contributed by atoms with Crippen molar-refractivity contribution in [1.29, 1.82) is 0 Å². The van der Waals surface area contributed by atoms with Crippen LogP contribution in [0.2, 0.25) is 0 Å². The van der Waals surface area contributed by atoms with Gasteiger partial charge in [0.2, 0.25) is 0 Å². The van der Waals surface area contributed by atoms with E-state index in [2.05, 4.69) is 5.32 Å². The smallest absolute Gasteiger partial charge is 0.121 e. The fourth-order valence-corrected chi connectivity index (χ4v) is 1.48. The van der Waals surface area contributed by atoms with Crippen molar-refractivity contribution in [3.05, 3.63) is 29.3 Å². The van der Waals surface area contributed by atoms with E-state index in [0.717, 1.165) is 16.9 Å². The minimum Gasteiger partial charge on any atom is -0.496 e. The van der Waals surface area contributed by atoms with Gasteiger partial charge in [-0.05, 0) is 31.2 Å². The second kappa shape index (κ2) is 4.98. The molecule has 0 bridgehead atoms. The maximum Gasteiger partial charge on any atom is 0.121 e. The molecule has 0 fully saturated rings. The van der Waals surface area contributed by atoms with E-state index in [4.69, 9.17) is 9.84 Å². The van der Waals surface area contributed by atoms with Crippen LogP contribution in [0, 0.1) is 6.92 Å². The Balaban J connectivity index is 2.95. The molecule has 0 unspecified atom stereocenters. The first kappa shape index (κ1) is 11.0. The molecule has 14 heavy (non-hydrogen) atoms. The predicted octanol–water partition coefficient (Wildman–Crippen LogP) is 1.26. The van der Waals surface area contributed by atoms with Crippen LogP contribution in [0.25, 0.3) is 0 Å². The Morgan fingerprint density at radius 1 is 1.50 bits per heavy atom. The summed E-state index contributed by atoms with van der Waals surface area (Å²) < 4.78 is 5.16. The van der Waals surface area contributed by atoms with Crippen molar-refractivity contribution < 1.29 is 9.84 Å². The molecule has 0 aliphatic carbocycles. The SMILES string of the molecule is CN[C@@H](CO)c1ccc(OC)c(C)c1. The van der Waals surface area contributed by atoms with Gasteiger partial charge in [-0.3, -0.25) is 0 Å². The number of aliphatic hydroxyl groups excluding tert-OH is 1. The third kappa shape index (κ3) is 2.25. The van der Waals surface area contributed by atoms with E-state index in [-0.39, 0.29) is 12.6 Å². The van der Waals surface area contributed by atoms with Crippen molar-refractivity contribution in [3.63, 3.8) is 0 Å². The summed E-state index contributed by atoms with van der Waals surface area (Å²) >= 11 is 0. The van der Waals surface area contributed by atoms with Crippen molar-refractivity contribution in [2.75, 3.05) is 20.8 Å². The third-order valence-electron chi connectivity index (χ3n) is 2.35. The summed E-state index contributed by atoms with van der Waals surface area (Å²) in [4.78, 5) is 0. The largest absolute Gasteiger partial charge is 0.496 e. The van der Waals surface area contributed by atoms with Crippen molar-refractivity contribution in [2.24, 2.45) is 0 Å². The molecule has 1 rings (SSSR count). The monoisotopic (exact) mass is 195 g/mol. The van der Waals surface area contributed by atoms with Gasteiger partial charge in [0, 0.05) is 0 Å². The van der Waals surface area contributed by atoms with Crippen LogP contribution in [-0.4, -0.2) is 25.9 Å². The number of hydrogen-bond acceptors (Lipinski definition) is 3. The summed E-state index contributed by atoms with van der Waals surface area (Å²) in [6.07, 6.45) is 0. The maximum atomic E-state index is 9.10. The molecule has 0 radical (unpaired) electrons. The lowest BCUT2D eigenvalue weighted by molar-refractivity contribution is 0.251. The Morgan fingerprint density at radius 3 is 2.64 bits per heavy atom. The number of rotatable bonds is 4. The quantitative estimate of drug-likeness (QED) is 0.760. The highest BCUT2D eigenvalue weighted by molar-refractivity contribution is 5.37. The minimum atomic E-state index is -0.000365. The molecular weight excluding hydrogens is 178 g/mol. The zero-order valence-corrected chi connectivity index (χ0v) is 8.87. The van der Waals surface area contributed by atoms with Gasteiger partial charge in [0.25, 0.3) is 0 Å². The van der Waals surface area contributed by atoms with Crippen LogP contribution in [0.3, 0.4) is 0 Å². The number of likely N-dealkylation sites (N-methyl/N-ethyl adjacent to an activating group) is 1. The zero-order chi connectivity index (χ0) is 10.6. The average Bonchev–Trinajstić information content (AvgIpc) is 2.20. The molecule has 0 saturated heterocycles. The summed E-state index contributed by atoms with van der Waals surface area (Å²) in [5, 5.41) is 12.1. The molecule has 1 aromatic carbocycles.